The summed E-state index contributed by atoms with van der Waals surface area (Å²) in [6.07, 6.45) is 0.0434. The van der Waals surface area contributed by atoms with Crippen molar-refractivity contribution >= 4 is 35.0 Å². The lowest BCUT2D eigenvalue weighted by Gasteiger charge is -2.51. The van der Waals surface area contributed by atoms with Gasteiger partial charge in [0.15, 0.2) is 6.61 Å². The third kappa shape index (κ3) is 5.44. The number of halogens is 4. The summed E-state index contributed by atoms with van der Waals surface area (Å²) in [4.78, 5) is 25.0. The van der Waals surface area contributed by atoms with Gasteiger partial charge in [-0.2, -0.15) is 0 Å². The molecule has 3 aliphatic carbocycles. The van der Waals surface area contributed by atoms with Crippen molar-refractivity contribution in [3.05, 3.63) is 28.2 Å². The third-order valence-electron chi connectivity index (χ3n) is 6.58. The van der Waals surface area contributed by atoms with Crippen LogP contribution in [0.3, 0.4) is 0 Å². The minimum Gasteiger partial charge on any atom is -0.484 e. The molecule has 1 aromatic rings. The molecular formula is C21H26Cl2F2N4O3. The minimum atomic E-state index is -2.47. The zero-order valence-corrected chi connectivity index (χ0v) is 18.8. The van der Waals surface area contributed by atoms with E-state index < -0.39 is 18.5 Å². The van der Waals surface area contributed by atoms with Crippen molar-refractivity contribution in [3.8, 4) is 5.75 Å². The first-order valence-corrected chi connectivity index (χ1v) is 11.5. The molecule has 1 saturated heterocycles. The van der Waals surface area contributed by atoms with Crippen LogP contribution < -0.4 is 26.0 Å². The summed E-state index contributed by atoms with van der Waals surface area (Å²) in [6, 6.07) is 3.21. The Morgan fingerprint density at radius 3 is 2.38 bits per heavy atom. The molecule has 1 aliphatic heterocycles. The van der Waals surface area contributed by atoms with E-state index in [-0.39, 0.29) is 43.6 Å². The lowest BCUT2D eigenvalue weighted by Crippen LogP contribution is -2.65. The van der Waals surface area contributed by atoms with E-state index in [1.165, 1.54) is 0 Å². The Kier molecular flexibility index (Phi) is 7.39. The molecule has 11 heteroatoms. The van der Waals surface area contributed by atoms with E-state index in [9.17, 15) is 18.4 Å². The summed E-state index contributed by atoms with van der Waals surface area (Å²) in [7, 11) is 0. The largest absolute Gasteiger partial charge is 0.484 e. The Labute approximate surface area is 194 Å². The molecule has 176 valence electrons. The molecule has 0 spiro atoms. The number of hydrogen-bond acceptors (Lipinski definition) is 5. The molecule has 4 fully saturated rings. The first kappa shape index (κ1) is 23.5. The summed E-state index contributed by atoms with van der Waals surface area (Å²) < 4.78 is 31.0. The van der Waals surface area contributed by atoms with Gasteiger partial charge in [-0.05, 0) is 43.2 Å². The predicted molar refractivity (Wildman–Crippen MR) is 116 cm³/mol. The van der Waals surface area contributed by atoms with Crippen molar-refractivity contribution in [1.82, 2.24) is 21.3 Å². The molecule has 3 saturated carbocycles. The number of carbonyl (C=O) groups is 2. The fourth-order valence-electron chi connectivity index (χ4n) is 4.67. The van der Waals surface area contributed by atoms with E-state index >= 15 is 0 Å². The standard InChI is InChI=1S/C21H26Cl2F2N4O3/c22-13-2-1-12(5-14(13)23)32-9-19(30)28-15-6-16(11-3-10(15)4-11)29-21(31)18-8-26-17(7-27-18)20(24)25/h1-2,5,10-11,15-18,20,26-27H,3-4,6-9H2,(H,28,30)(H,29,31). The molecule has 4 atom stereocenters. The van der Waals surface area contributed by atoms with Gasteiger partial charge in [-0.1, -0.05) is 23.2 Å². The zero-order chi connectivity index (χ0) is 22.8. The number of amides is 2. The van der Waals surface area contributed by atoms with Crippen LogP contribution >= 0.6 is 23.2 Å². The number of benzene rings is 1. The van der Waals surface area contributed by atoms with Crippen LogP contribution in [-0.2, 0) is 9.59 Å². The van der Waals surface area contributed by atoms with Crippen LogP contribution in [0.15, 0.2) is 18.2 Å². The average molecular weight is 491 g/mol. The molecule has 7 nitrogen and oxygen atoms in total. The van der Waals surface area contributed by atoms with Gasteiger partial charge >= 0.3 is 0 Å². The van der Waals surface area contributed by atoms with Crippen molar-refractivity contribution in [3.63, 3.8) is 0 Å². The SMILES string of the molecule is O=C(COc1ccc(Cl)c(Cl)c1)NC1CC(NC(=O)C2CNC(C(F)F)CN2)C2CC1C2. The Balaban J connectivity index is 1.23. The topological polar surface area (TPSA) is 91.5 Å². The summed E-state index contributed by atoms with van der Waals surface area (Å²) in [5, 5.41) is 12.4. The molecule has 1 aromatic carbocycles. The monoisotopic (exact) mass is 490 g/mol. The summed E-state index contributed by atoms with van der Waals surface area (Å²) in [6.45, 7) is 0.0567. The van der Waals surface area contributed by atoms with Crippen LogP contribution in [0.5, 0.6) is 5.75 Å². The highest BCUT2D eigenvalue weighted by Gasteiger charge is 2.47. The lowest BCUT2D eigenvalue weighted by atomic mass is 9.60. The Morgan fingerprint density at radius 1 is 1.03 bits per heavy atom. The summed E-state index contributed by atoms with van der Waals surface area (Å²) in [5.41, 5.74) is 0. The number of rotatable bonds is 7. The molecule has 4 N–H and O–H groups in total. The molecular weight excluding hydrogens is 465 g/mol. The van der Waals surface area contributed by atoms with Crippen LogP contribution in [0.2, 0.25) is 10.0 Å². The van der Waals surface area contributed by atoms with E-state index in [4.69, 9.17) is 27.9 Å². The Morgan fingerprint density at radius 2 is 1.75 bits per heavy atom. The number of piperazine rings is 1. The second-order valence-electron chi connectivity index (χ2n) is 8.69. The molecule has 2 amide bonds. The van der Waals surface area contributed by atoms with Crippen LogP contribution in [-0.4, -0.2) is 62.1 Å². The van der Waals surface area contributed by atoms with Crippen LogP contribution in [0.1, 0.15) is 19.3 Å². The molecule has 1 heterocycles. The lowest BCUT2D eigenvalue weighted by molar-refractivity contribution is -0.127. The molecule has 0 aromatic heterocycles. The van der Waals surface area contributed by atoms with E-state index in [1.807, 2.05) is 0 Å². The van der Waals surface area contributed by atoms with Crippen molar-refractivity contribution < 1.29 is 23.1 Å². The highest BCUT2D eigenvalue weighted by atomic mass is 35.5. The zero-order valence-electron chi connectivity index (χ0n) is 17.3. The number of carbonyl (C=O) groups excluding carboxylic acids is 2. The number of alkyl halides is 2. The fraction of sp³-hybridized carbons (Fsp3) is 0.619. The quantitative estimate of drug-likeness (QED) is 0.469. The van der Waals surface area contributed by atoms with Crippen molar-refractivity contribution in [2.75, 3.05) is 19.7 Å². The van der Waals surface area contributed by atoms with Gasteiger partial charge in [0.05, 0.1) is 22.1 Å². The van der Waals surface area contributed by atoms with Gasteiger partial charge in [0.1, 0.15) is 5.75 Å². The Bertz CT molecular complexity index is 848. The number of hydrogen-bond donors (Lipinski definition) is 4. The van der Waals surface area contributed by atoms with Gasteiger partial charge in [0.2, 0.25) is 5.91 Å². The van der Waals surface area contributed by atoms with Crippen LogP contribution in [0.4, 0.5) is 8.78 Å². The van der Waals surface area contributed by atoms with Crippen molar-refractivity contribution in [2.45, 2.75) is 49.9 Å². The molecule has 5 rings (SSSR count). The van der Waals surface area contributed by atoms with E-state index in [0.717, 1.165) is 12.8 Å². The molecule has 4 unspecified atom stereocenters. The molecule has 32 heavy (non-hydrogen) atoms. The highest BCUT2D eigenvalue weighted by Crippen LogP contribution is 2.45. The van der Waals surface area contributed by atoms with E-state index in [0.29, 0.717) is 34.1 Å². The highest BCUT2D eigenvalue weighted by molar-refractivity contribution is 6.42. The maximum Gasteiger partial charge on any atom is 0.258 e. The maximum atomic E-state index is 12.8. The first-order chi connectivity index (χ1) is 15.3. The predicted octanol–water partition coefficient (Wildman–Crippen LogP) is 1.97. The third-order valence-corrected chi connectivity index (χ3v) is 7.32. The van der Waals surface area contributed by atoms with Crippen molar-refractivity contribution in [2.24, 2.45) is 11.8 Å². The Hall–Kier alpha value is -1.68. The average Bonchev–Trinajstić information content (AvgIpc) is 2.73. The number of ether oxygens (including phenoxy) is 1. The minimum absolute atomic E-state index is 0.0451. The fourth-order valence-corrected chi connectivity index (χ4v) is 4.96. The number of fused-ring (bicyclic) bond motifs is 2. The number of nitrogens with one attached hydrogen (secondary N) is 4. The van der Waals surface area contributed by atoms with Gasteiger partial charge in [-0.15, -0.1) is 0 Å². The molecule has 4 aliphatic rings. The van der Waals surface area contributed by atoms with E-state index in [1.54, 1.807) is 18.2 Å². The smallest absolute Gasteiger partial charge is 0.258 e. The van der Waals surface area contributed by atoms with Gasteiger partial charge < -0.3 is 26.0 Å². The van der Waals surface area contributed by atoms with Gasteiger partial charge in [0.25, 0.3) is 12.3 Å². The molecule has 2 bridgehead atoms. The van der Waals surface area contributed by atoms with E-state index in [2.05, 4.69) is 21.3 Å². The van der Waals surface area contributed by atoms with Gasteiger partial charge in [0, 0.05) is 31.2 Å². The first-order valence-electron chi connectivity index (χ1n) is 10.7. The van der Waals surface area contributed by atoms with Gasteiger partial charge in [-0.3, -0.25) is 9.59 Å². The van der Waals surface area contributed by atoms with Crippen molar-refractivity contribution in [1.29, 1.82) is 0 Å². The molecule has 0 radical (unpaired) electrons. The van der Waals surface area contributed by atoms with Crippen LogP contribution in [0.25, 0.3) is 0 Å². The maximum absolute atomic E-state index is 12.8. The van der Waals surface area contributed by atoms with Crippen LogP contribution in [0, 0.1) is 11.8 Å². The summed E-state index contributed by atoms with van der Waals surface area (Å²) >= 11 is 11.8. The summed E-state index contributed by atoms with van der Waals surface area (Å²) in [5.74, 6) is 0.786. The second-order valence-corrected chi connectivity index (χ2v) is 9.51. The normalized spacial score (nSPS) is 31.5. The second kappa shape index (κ2) is 10.1. The van der Waals surface area contributed by atoms with Gasteiger partial charge in [-0.25, -0.2) is 8.78 Å².